The molecule has 3 heteroatoms. The van der Waals surface area contributed by atoms with E-state index in [9.17, 15) is 0 Å². The van der Waals surface area contributed by atoms with Gasteiger partial charge in [0.15, 0.2) is 0 Å². The average Bonchev–Trinajstić information content (AvgIpc) is 2.29. The molecule has 0 bridgehead atoms. The third-order valence-corrected chi connectivity index (χ3v) is 2.62. The van der Waals surface area contributed by atoms with Crippen LogP contribution < -0.4 is 10.9 Å². The van der Waals surface area contributed by atoms with Gasteiger partial charge in [0.05, 0.1) is 6.61 Å². The lowest BCUT2D eigenvalue weighted by Crippen LogP contribution is -2.35. The van der Waals surface area contributed by atoms with Crippen molar-refractivity contribution in [2.45, 2.75) is 46.5 Å². The maximum Gasteiger partial charge on any atom is 0.205 e. The van der Waals surface area contributed by atoms with E-state index in [4.69, 9.17) is 4.74 Å². The minimum atomic E-state index is 0.509. The molecule has 0 aliphatic carbocycles. The monoisotopic (exact) mass is 224 g/mol. The van der Waals surface area contributed by atoms with Crippen LogP contribution in [0.4, 0.5) is 0 Å². The normalized spacial score (nSPS) is 15.0. The Labute approximate surface area is 98.9 Å². The summed E-state index contributed by atoms with van der Waals surface area (Å²) in [7, 11) is 0. The fraction of sp³-hybridized carbons (Fsp3) is 0.692. The highest BCUT2D eigenvalue weighted by Gasteiger charge is 2.07. The van der Waals surface area contributed by atoms with Crippen LogP contribution in [0.1, 0.15) is 46.5 Å². The molecule has 0 amide bonds. The first-order valence-electron chi connectivity index (χ1n) is 6.30. The smallest absolute Gasteiger partial charge is 0.205 e. The van der Waals surface area contributed by atoms with Crippen molar-refractivity contribution < 1.29 is 4.74 Å². The van der Waals surface area contributed by atoms with Crippen LogP contribution in [0.25, 0.3) is 0 Å². The predicted octanol–water partition coefficient (Wildman–Crippen LogP) is 3.07. The van der Waals surface area contributed by atoms with Gasteiger partial charge in [-0.05, 0) is 18.4 Å². The molecule has 0 saturated heterocycles. The van der Waals surface area contributed by atoms with Crippen LogP contribution in [-0.4, -0.2) is 6.61 Å². The zero-order valence-corrected chi connectivity index (χ0v) is 10.7. The van der Waals surface area contributed by atoms with Gasteiger partial charge in [0.2, 0.25) is 5.88 Å². The van der Waals surface area contributed by atoms with Gasteiger partial charge in [-0.1, -0.05) is 40.0 Å². The summed E-state index contributed by atoms with van der Waals surface area (Å²) in [5.41, 5.74) is 7.39. The Kier molecular flexibility index (Phi) is 5.83. The zero-order valence-electron chi connectivity index (χ0n) is 10.7. The predicted molar refractivity (Wildman–Crippen MR) is 67.4 cm³/mol. The lowest BCUT2D eigenvalue weighted by atomic mass is 10.1. The van der Waals surface area contributed by atoms with E-state index < -0.39 is 0 Å². The topological polar surface area (TPSA) is 33.3 Å². The molecule has 0 spiro atoms. The van der Waals surface area contributed by atoms with Gasteiger partial charge in [0.25, 0.3) is 0 Å². The van der Waals surface area contributed by atoms with Crippen molar-refractivity contribution in [2.24, 2.45) is 5.92 Å². The van der Waals surface area contributed by atoms with Gasteiger partial charge in [-0.2, -0.15) is 0 Å². The van der Waals surface area contributed by atoms with E-state index in [1.54, 1.807) is 0 Å². The minimum absolute atomic E-state index is 0.509. The van der Waals surface area contributed by atoms with Gasteiger partial charge in [0, 0.05) is 11.8 Å². The van der Waals surface area contributed by atoms with Crippen LogP contribution in [0.2, 0.25) is 0 Å². The largest absolute Gasteiger partial charge is 0.478 e. The van der Waals surface area contributed by atoms with E-state index in [2.05, 4.69) is 37.7 Å². The molecule has 0 fully saturated rings. The number of hydrogen-bond donors (Lipinski definition) is 2. The molecule has 92 valence electrons. The number of ether oxygens (including phenoxy) is 1. The highest BCUT2D eigenvalue weighted by molar-refractivity contribution is 5.18. The van der Waals surface area contributed by atoms with Crippen LogP contribution in [0.3, 0.4) is 0 Å². The van der Waals surface area contributed by atoms with Crippen molar-refractivity contribution in [1.82, 2.24) is 10.9 Å². The quantitative estimate of drug-likeness (QED) is 0.652. The number of hydrogen-bond acceptors (Lipinski definition) is 3. The molecule has 0 saturated carbocycles. The van der Waals surface area contributed by atoms with Gasteiger partial charge < -0.3 is 10.2 Å². The van der Waals surface area contributed by atoms with Crippen molar-refractivity contribution in [1.29, 1.82) is 0 Å². The van der Waals surface area contributed by atoms with Crippen molar-refractivity contribution in [2.75, 3.05) is 6.61 Å². The molecular weight excluding hydrogens is 200 g/mol. The van der Waals surface area contributed by atoms with Crippen molar-refractivity contribution in [3.05, 3.63) is 23.7 Å². The lowest BCUT2D eigenvalue weighted by Gasteiger charge is -2.21. The SMILES string of the molecule is CCCCCCOC1=CC=C(C(C)C)NN1. The number of hydrazine groups is 1. The molecule has 1 rings (SSSR count). The number of allylic oxidation sites excluding steroid dienone is 3. The minimum Gasteiger partial charge on any atom is -0.478 e. The highest BCUT2D eigenvalue weighted by Crippen LogP contribution is 2.10. The molecule has 1 heterocycles. The van der Waals surface area contributed by atoms with Crippen molar-refractivity contribution >= 4 is 0 Å². The summed E-state index contributed by atoms with van der Waals surface area (Å²) >= 11 is 0. The fourth-order valence-corrected chi connectivity index (χ4v) is 1.51. The summed E-state index contributed by atoms with van der Waals surface area (Å²) in [6.45, 7) is 7.33. The molecule has 0 radical (unpaired) electrons. The van der Waals surface area contributed by atoms with Gasteiger partial charge in [-0.3, -0.25) is 5.43 Å². The molecule has 0 unspecified atom stereocenters. The Hall–Kier alpha value is -1.12. The second-order valence-electron chi connectivity index (χ2n) is 4.47. The first-order chi connectivity index (χ1) is 7.74. The Morgan fingerprint density at radius 3 is 2.50 bits per heavy atom. The zero-order chi connectivity index (χ0) is 11.8. The van der Waals surface area contributed by atoms with Crippen molar-refractivity contribution in [3.8, 4) is 0 Å². The summed E-state index contributed by atoms with van der Waals surface area (Å²) in [5.74, 6) is 1.33. The molecule has 3 nitrogen and oxygen atoms in total. The Morgan fingerprint density at radius 1 is 1.12 bits per heavy atom. The summed E-state index contributed by atoms with van der Waals surface area (Å²) in [6.07, 6.45) is 9.01. The van der Waals surface area contributed by atoms with Gasteiger partial charge in [-0.25, -0.2) is 0 Å². The molecule has 0 aromatic carbocycles. The molecule has 1 aliphatic heterocycles. The first kappa shape index (κ1) is 12.9. The second kappa shape index (κ2) is 7.20. The summed E-state index contributed by atoms with van der Waals surface area (Å²) in [6, 6.07) is 0. The summed E-state index contributed by atoms with van der Waals surface area (Å²) in [5, 5.41) is 0. The maximum absolute atomic E-state index is 5.60. The van der Waals surface area contributed by atoms with Gasteiger partial charge in [-0.15, -0.1) is 0 Å². The Balaban J connectivity index is 2.19. The molecule has 0 atom stereocenters. The van der Waals surface area contributed by atoms with E-state index in [0.29, 0.717) is 5.92 Å². The second-order valence-corrected chi connectivity index (χ2v) is 4.47. The molecule has 16 heavy (non-hydrogen) atoms. The number of nitrogens with one attached hydrogen (secondary N) is 2. The summed E-state index contributed by atoms with van der Waals surface area (Å²) < 4.78 is 5.60. The third-order valence-electron chi connectivity index (χ3n) is 2.62. The lowest BCUT2D eigenvalue weighted by molar-refractivity contribution is 0.176. The van der Waals surface area contributed by atoms with Gasteiger partial charge in [0.1, 0.15) is 0 Å². The molecular formula is C13H24N2O. The molecule has 0 aromatic rings. The summed E-state index contributed by atoms with van der Waals surface area (Å²) in [4.78, 5) is 0. The van der Waals surface area contributed by atoms with Crippen LogP contribution in [0, 0.1) is 5.92 Å². The number of rotatable bonds is 7. The van der Waals surface area contributed by atoms with Crippen LogP contribution in [-0.2, 0) is 4.74 Å². The van der Waals surface area contributed by atoms with E-state index in [0.717, 1.165) is 18.9 Å². The Bertz CT molecular complexity index is 257. The van der Waals surface area contributed by atoms with Crippen LogP contribution in [0.15, 0.2) is 23.7 Å². The average molecular weight is 224 g/mol. The van der Waals surface area contributed by atoms with E-state index in [1.807, 2.05) is 6.08 Å². The number of unbranched alkanes of at least 4 members (excludes halogenated alkanes) is 3. The van der Waals surface area contributed by atoms with E-state index in [-0.39, 0.29) is 0 Å². The van der Waals surface area contributed by atoms with E-state index in [1.165, 1.54) is 25.0 Å². The van der Waals surface area contributed by atoms with Gasteiger partial charge >= 0.3 is 0 Å². The maximum atomic E-state index is 5.60. The van der Waals surface area contributed by atoms with Crippen LogP contribution >= 0.6 is 0 Å². The van der Waals surface area contributed by atoms with E-state index >= 15 is 0 Å². The first-order valence-corrected chi connectivity index (χ1v) is 6.30. The van der Waals surface area contributed by atoms with Crippen molar-refractivity contribution in [3.63, 3.8) is 0 Å². The highest BCUT2D eigenvalue weighted by atomic mass is 16.5. The molecule has 2 N–H and O–H groups in total. The standard InChI is InChI=1S/C13H24N2O/c1-4-5-6-7-10-16-13-9-8-12(11(2)3)14-15-13/h8-9,11,14-15H,4-7,10H2,1-3H3. The third kappa shape index (κ3) is 4.60. The Morgan fingerprint density at radius 2 is 1.94 bits per heavy atom. The van der Waals surface area contributed by atoms with Crippen LogP contribution in [0.5, 0.6) is 0 Å². The fourth-order valence-electron chi connectivity index (χ4n) is 1.51. The molecule has 1 aliphatic rings. The molecule has 0 aromatic heterocycles.